The summed E-state index contributed by atoms with van der Waals surface area (Å²) >= 11 is 1.45. The fourth-order valence-corrected chi connectivity index (χ4v) is 4.69. The number of ether oxygens (including phenoxy) is 1. The molecule has 35 heavy (non-hydrogen) atoms. The number of thioether (sulfide) groups is 1. The van der Waals surface area contributed by atoms with Crippen LogP contribution in [0.15, 0.2) is 47.4 Å². The van der Waals surface area contributed by atoms with E-state index < -0.39 is 11.9 Å². The lowest BCUT2D eigenvalue weighted by Gasteiger charge is -2.14. The number of hydrogen-bond donors (Lipinski definition) is 4. The molecule has 4 N–H and O–H groups in total. The van der Waals surface area contributed by atoms with E-state index in [1.54, 1.807) is 12.3 Å². The van der Waals surface area contributed by atoms with Crippen LogP contribution >= 0.6 is 11.8 Å². The molecule has 10 heteroatoms. The van der Waals surface area contributed by atoms with Gasteiger partial charge in [0.1, 0.15) is 17.5 Å². The van der Waals surface area contributed by atoms with Crippen LogP contribution in [0.1, 0.15) is 50.3 Å². The highest BCUT2D eigenvalue weighted by molar-refractivity contribution is 8.00. The smallest absolute Gasteiger partial charge is 0.351 e. The Bertz CT molecular complexity index is 943. The molecule has 0 saturated carbocycles. The Morgan fingerprint density at radius 3 is 2.51 bits per heavy atom. The summed E-state index contributed by atoms with van der Waals surface area (Å²) in [5.41, 5.74) is 0.507. The van der Waals surface area contributed by atoms with Crippen molar-refractivity contribution in [2.75, 3.05) is 37.3 Å². The number of amides is 1. The molecule has 0 aliphatic carbocycles. The lowest BCUT2D eigenvalue weighted by atomic mass is 10.2. The Morgan fingerprint density at radius 2 is 1.80 bits per heavy atom. The molecule has 0 spiro atoms. The SMILES string of the molecule is O=C(CCCCCNCCCCNCc1ccccc1)Nc1ccn([C@@H]2CS[C@H](CO)O2)c(=O)n1. The largest absolute Gasteiger partial charge is 0.393 e. The molecule has 192 valence electrons. The minimum absolute atomic E-state index is 0.0964. The maximum Gasteiger partial charge on any atom is 0.351 e. The first-order chi connectivity index (χ1) is 17.2. The molecule has 2 heterocycles. The average molecular weight is 504 g/mol. The van der Waals surface area contributed by atoms with Gasteiger partial charge in [0.2, 0.25) is 5.91 Å². The number of benzene rings is 1. The van der Waals surface area contributed by atoms with Crippen molar-refractivity contribution in [3.63, 3.8) is 0 Å². The van der Waals surface area contributed by atoms with Gasteiger partial charge in [0.05, 0.1) is 6.61 Å². The topological polar surface area (TPSA) is 118 Å². The van der Waals surface area contributed by atoms with Gasteiger partial charge in [-0.25, -0.2) is 4.79 Å². The number of aromatic nitrogens is 2. The van der Waals surface area contributed by atoms with Crippen molar-refractivity contribution in [3.05, 3.63) is 58.6 Å². The molecular formula is C25H37N5O4S. The maximum absolute atomic E-state index is 12.3. The fourth-order valence-electron chi connectivity index (χ4n) is 3.76. The summed E-state index contributed by atoms with van der Waals surface area (Å²) in [5, 5.41) is 18.8. The quantitative estimate of drug-likeness (QED) is 0.258. The summed E-state index contributed by atoms with van der Waals surface area (Å²) in [6.07, 6.45) is 6.60. The van der Waals surface area contributed by atoms with Gasteiger partial charge >= 0.3 is 5.69 Å². The average Bonchev–Trinajstić information content (AvgIpc) is 3.34. The van der Waals surface area contributed by atoms with Gasteiger partial charge in [0, 0.05) is 24.9 Å². The van der Waals surface area contributed by atoms with Crippen molar-refractivity contribution >= 4 is 23.5 Å². The van der Waals surface area contributed by atoms with E-state index in [0.717, 1.165) is 58.3 Å². The second-order valence-corrected chi connectivity index (χ2v) is 9.71. The van der Waals surface area contributed by atoms with Gasteiger partial charge in [-0.2, -0.15) is 4.98 Å². The van der Waals surface area contributed by atoms with E-state index in [-0.39, 0.29) is 23.8 Å². The van der Waals surface area contributed by atoms with Crippen LogP contribution in [0.4, 0.5) is 5.82 Å². The van der Waals surface area contributed by atoms with E-state index in [0.29, 0.717) is 12.2 Å². The highest BCUT2D eigenvalue weighted by Gasteiger charge is 2.27. The molecule has 0 bridgehead atoms. The van der Waals surface area contributed by atoms with Crippen LogP contribution < -0.4 is 21.6 Å². The van der Waals surface area contributed by atoms with Crippen molar-refractivity contribution < 1.29 is 14.6 Å². The van der Waals surface area contributed by atoms with Crippen molar-refractivity contribution in [1.82, 2.24) is 20.2 Å². The van der Waals surface area contributed by atoms with Crippen LogP contribution in [0.5, 0.6) is 0 Å². The van der Waals surface area contributed by atoms with Crippen molar-refractivity contribution in [3.8, 4) is 0 Å². The molecule has 1 aromatic heterocycles. The number of carbonyl (C=O) groups is 1. The summed E-state index contributed by atoms with van der Waals surface area (Å²) < 4.78 is 6.96. The Balaban J connectivity index is 1.17. The Kier molecular flexibility index (Phi) is 12.3. The van der Waals surface area contributed by atoms with Crippen LogP contribution in [0.25, 0.3) is 0 Å². The molecule has 3 rings (SSSR count). The number of nitrogens with one attached hydrogen (secondary N) is 3. The molecule has 0 unspecified atom stereocenters. The van der Waals surface area contributed by atoms with Crippen LogP contribution in [0.3, 0.4) is 0 Å². The number of nitrogens with zero attached hydrogens (tertiary/aromatic N) is 2. The van der Waals surface area contributed by atoms with Crippen molar-refractivity contribution in [1.29, 1.82) is 0 Å². The Hall–Kier alpha value is -2.24. The Morgan fingerprint density at radius 1 is 1.06 bits per heavy atom. The van der Waals surface area contributed by atoms with Gasteiger partial charge in [-0.15, -0.1) is 11.8 Å². The second kappa shape index (κ2) is 15.7. The first kappa shape index (κ1) is 27.3. The molecule has 1 aromatic carbocycles. The zero-order valence-corrected chi connectivity index (χ0v) is 21.0. The van der Waals surface area contributed by atoms with Crippen molar-refractivity contribution in [2.45, 2.75) is 56.7 Å². The predicted molar refractivity (Wildman–Crippen MR) is 139 cm³/mol. The lowest BCUT2D eigenvalue weighted by molar-refractivity contribution is -0.116. The third-order valence-corrected chi connectivity index (χ3v) is 6.79. The summed E-state index contributed by atoms with van der Waals surface area (Å²) in [7, 11) is 0. The number of aliphatic hydroxyl groups is 1. The number of unbranched alkanes of at least 4 members (excludes halogenated alkanes) is 3. The number of hydrogen-bond acceptors (Lipinski definition) is 8. The maximum atomic E-state index is 12.3. The van der Waals surface area contributed by atoms with Crippen LogP contribution in [-0.4, -0.2) is 58.0 Å². The van der Waals surface area contributed by atoms with E-state index >= 15 is 0 Å². The summed E-state index contributed by atoms with van der Waals surface area (Å²) in [6.45, 7) is 3.81. The number of rotatable bonds is 16. The minimum atomic E-state index is -0.481. The third kappa shape index (κ3) is 10.1. The van der Waals surface area contributed by atoms with E-state index in [1.807, 2.05) is 6.07 Å². The zero-order chi connectivity index (χ0) is 24.7. The summed E-state index contributed by atoms with van der Waals surface area (Å²) in [5.74, 6) is 0.679. The Labute approximate surface area is 211 Å². The van der Waals surface area contributed by atoms with Crippen LogP contribution in [-0.2, 0) is 16.1 Å². The molecule has 1 fully saturated rings. The molecule has 9 nitrogen and oxygen atoms in total. The van der Waals surface area contributed by atoms with Gasteiger partial charge in [0.15, 0.2) is 0 Å². The molecule has 2 aromatic rings. The zero-order valence-electron chi connectivity index (χ0n) is 20.2. The van der Waals surface area contributed by atoms with E-state index in [2.05, 4.69) is 45.2 Å². The highest BCUT2D eigenvalue weighted by Crippen LogP contribution is 2.30. The summed E-state index contributed by atoms with van der Waals surface area (Å²) in [6, 6.07) is 12.0. The van der Waals surface area contributed by atoms with Crippen LogP contribution in [0, 0.1) is 0 Å². The van der Waals surface area contributed by atoms with Gasteiger partial charge in [-0.3, -0.25) is 9.36 Å². The minimum Gasteiger partial charge on any atom is -0.393 e. The standard InChI is InChI=1S/C25H37N5O4S/c31-18-24-34-23(19-35-24)30-16-12-21(29-25(30)33)28-22(32)11-5-2-6-13-26-14-7-8-15-27-17-20-9-3-1-4-10-20/h1,3-4,9-10,12,16,23-24,26-27,31H,2,5-8,11,13-15,17-19H2,(H,28,29,32,33)/t23-,24+/m0/s1. The van der Waals surface area contributed by atoms with Gasteiger partial charge in [-0.1, -0.05) is 36.8 Å². The van der Waals surface area contributed by atoms with Gasteiger partial charge < -0.3 is 25.8 Å². The predicted octanol–water partition coefficient (Wildman–Crippen LogP) is 2.48. The normalized spacial score (nSPS) is 17.5. The number of carbonyl (C=O) groups excluding carboxylic acids is 1. The second-order valence-electron chi connectivity index (χ2n) is 8.52. The molecule has 1 aliphatic heterocycles. The lowest BCUT2D eigenvalue weighted by Crippen LogP contribution is -2.29. The van der Waals surface area contributed by atoms with Gasteiger partial charge in [-0.05, 0) is 56.9 Å². The molecule has 2 atom stereocenters. The summed E-state index contributed by atoms with van der Waals surface area (Å²) in [4.78, 5) is 28.4. The molecule has 1 amide bonds. The first-order valence-electron chi connectivity index (χ1n) is 12.4. The fraction of sp³-hybridized carbons (Fsp3) is 0.560. The first-order valence-corrected chi connectivity index (χ1v) is 13.4. The van der Waals surface area contributed by atoms with E-state index in [4.69, 9.17) is 9.84 Å². The van der Waals surface area contributed by atoms with E-state index in [9.17, 15) is 9.59 Å². The van der Waals surface area contributed by atoms with Gasteiger partial charge in [0.25, 0.3) is 0 Å². The monoisotopic (exact) mass is 503 g/mol. The van der Waals surface area contributed by atoms with Crippen molar-refractivity contribution in [2.24, 2.45) is 0 Å². The molecule has 0 radical (unpaired) electrons. The molecule has 1 aliphatic rings. The van der Waals surface area contributed by atoms with Crippen LogP contribution in [0.2, 0.25) is 0 Å². The third-order valence-electron chi connectivity index (χ3n) is 5.68. The molecule has 1 saturated heterocycles. The number of anilines is 1. The highest BCUT2D eigenvalue weighted by atomic mass is 32.2. The van der Waals surface area contributed by atoms with E-state index in [1.165, 1.54) is 21.9 Å². The molecular weight excluding hydrogens is 466 g/mol. The number of aliphatic hydroxyl groups excluding tert-OH is 1.